The van der Waals surface area contributed by atoms with Crippen molar-refractivity contribution < 1.29 is 23.2 Å². The number of amides is 1. The second kappa shape index (κ2) is 19.2. The van der Waals surface area contributed by atoms with E-state index in [1.807, 2.05) is 47.9 Å². The lowest BCUT2D eigenvalue weighted by atomic mass is 9.96. The van der Waals surface area contributed by atoms with Crippen molar-refractivity contribution in [3.05, 3.63) is 95.6 Å². The highest BCUT2D eigenvalue weighted by molar-refractivity contribution is 7.84. The molecule has 1 N–H and O–H groups in total. The molecule has 3 aromatic carbocycles. The summed E-state index contributed by atoms with van der Waals surface area (Å²) in [6.07, 6.45) is 11.1. The summed E-state index contributed by atoms with van der Waals surface area (Å²) in [6, 6.07) is 22.1. The maximum atomic E-state index is 13.8. The quantitative estimate of drug-likeness (QED) is 0.115. The zero-order valence-corrected chi connectivity index (χ0v) is 32.3. The molecule has 0 saturated carbocycles. The highest BCUT2D eigenvalue weighted by Crippen LogP contribution is 2.34. The SMILES string of the molecule is CCCCOCCOc1ccc(-c2ccc3c(c2)/C=C(/C(=O)Nc2ccc([S@](=O)Cc4c(C)ncn4CC)cc2)CCCN3C[C@@H]2CCCCO2)cc1. The first-order valence-electron chi connectivity index (χ1n) is 19.2. The predicted molar refractivity (Wildman–Crippen MR) is 214 cm³/mol. The third-order valence-electron chi connectivity index (χ3n) is 10.0. The summed E-state index contributed by atoms with van der Waals surface area (Å²) in [4.78, 5) is 21.4. The number of ether oxygens (including phenoxy) is 3. The lowest BCUT2D eigenvalue weighted by Gasteiger charge is -2.33. The van der Waals surface area contributed by atoms with E-state index >= 15 is 0 Å². The molecule has 10 heteroatoms. The molecule has 1 saturated heterocycles. The van der Waals surface area contributed by atoms with Crippen LogP contribution in [0.2, 0.25) is 0 Å². The fourth-order valence-corrected chi connectivity index (χ4v) is 8.16. The minimum atomic E-state index is -1.23. The average Bonchev–Trinajstić information content (AvgIpc) is 3.53. The molecule has 3 heterocycles. The van der Waals surface area contributed by atoms with Crippen molar-refractivity contribution in [1.29, 1.82) is 0 Å². The summed E-state index contributed by atoms with van der Waals surface area (Å²) < 4.78 is 33.0. The molecule has 0 aliphatic carbocycles. The highest BCUT2D eigenvalue weighted by atomic mass is 32.2. The van der Waals surface area contributed by atoms with Crippen LogP contribution in [-0.4, -0.2) is 65.3 Å². The Hall–Kier alpha value is -4.25. The summed E-state index contributed by atoms with van der Waals surface area (Å²) >= 11 is 0. The Morgan fingerprint density at radius 1 is 0.981 bits per heavy atom. The molecule has 0 spiro atoms. The van der Waals surface area contributed by atoms with Crippen LogP contribution in [0.3, 0.4) is 0 Å². The number of nitrogens with zero attached hydrogens (tertiary/aromatic N) is 3. The molecule has 9 nitrogen and oxygen atoms in total. The molecule has 2 aliphatic heterocycles. The van der Waals surface area contributed by atoms with Gasteiger partial charge in [-0.05, 0) is 124 Å². The van der Waals surface area contributed by atoms with E-state index < -0.39 is 10.8 Å². The van der Waals surface area contributed by atoms with Gasteiger partial charge in [-0.1, -0.05) is 31.5 Å². The predicted octanol–water partition coefficient (Wildman–Crippen LogP) is 8.57. The fourth-order valence-electron chi connectivity index (χ4n) is 6.93. The van der Waals surface area contributed by atoms with Crippen molar-refractivity contribution in [2.24, 2.45) is 0 Å². The summed E-state index contributed by atoms with van der Waals surface area (Å²) in [6.45, 7) is 11.3. The lowest BCUT2D eigenvalue weighted by Crippen LogP contribution is -2.37. The van der Waals surface area contributed by atoms with Crippen LogP contribution in [0.15, 0.2) is 83.5 Å². The molecule has 0 unspecified atom stereocenters. The molecule has 53 heavy (non-hydrogen) atoms. The van der Waals surface area contributed by atoms with Gasteiger partial charge in [0.25, 0.3) is 5.91 Å². The summed E-state index contributed by atoms with van der Waals surface area (Å²) in [5.41, 5.74) is 7.57. The first kappa shape index (κ1) is 38.5. The van der Waals surface area contributed by atoms with E-state index in [-0.39, 0.29) is 12.0 Å². The van der Waals surface area contributed by atoms with Gasteiger partial charge in [0.1, 0.15) is 12.4 Å². The third-order valence-corrected chi connectivity index (χ3v) is 11.4. The van der Waals surface area contributed by atoms with Crippen LogP contribution in [0.25, 0.3) is 17.2 Å². The van der Waals surface area contributed by atoms with Gasteiger partial charge in [0.05, 0.1) is 47.0 Å². The van der Waals surface area contributed by atoms with Crippen LogP contribution in [-0.2, 0) is 37.4 Å². The number of aromatic nitrogens is 2. The number of nitrogens with one attached hydrogen (secondary N) is 1. The number of aryl methyl sites for hydroxylation is 2. The second-order valence-electron chi connectivity index (χ2n) is 13.9. The van der Waals surface area contributed by atoms with Crippen LogP contribution >= 0.6 is 0 Å². The number of benzene rings is 3. The van der Waals surface area contributed by atoms with E-state index in [1.165, 1.54) is 6.42 Å². The minimum absolute atomic E-state index is 0.123. The minimum Gasteiger partial charge on any atom is -0.491 e. The Kier molecular flexibility index (Phi) is 13.9. The number of imidazole rings is 1. The van der Waals surface area contributed by atoms with E-state index in [0.29, 0.717) is 31.1 Å². The maximum absolute atomic E-state index is 13.8. The Morgan fingerprint density at radius 2 is 1.79 bits per heavy atom. The number of anilines is 2. The standard InChI is InChI=1S/C43H54N4O5S/c1-4-6-23-50-25-26-52-38-17-12-33(13-18-38)34-14-21-41-36(27-34)28-35(10-9-22-47(41)29-39-11-7-8-24-51-39)43(48)45-37-15-19-40(20-16-37)53(49)30-42-32(3)44-31-46(42)5-2/h12-21,27-28,31,39H,4-11,22-26,29-30H2,1-3H3,(H,45,48)/b35-28+/t39-,53+/m0/s1. The van der Waals surface area contributed by atoms with Crippen molar-refractivity contribution in [2.45, 2.75) is 89.0 Å². The Bertz CT molecular complexity index is 1850. The number of hydrogen-bond donors (Lipinski definition) is 1. The van der Waals surface area contributed by atoms with E-state index in [9.17, 15) is 9.00 Å². The van der Waals surface area contributed by atoms with E-state index in [1.54, 1.807) is 6.33 Å². The zero-order valence-electron chi connectivity index (χ0n) is 31.5. The van der Waals surface area contributed by atoms with Gasteiger partial charge >= 0.3 is 0 Å². The van der Waals surface area contributed by atoms with Crippen LogP contribution in [0.1, 0.15) is 75.7 Å². The molecule has 0 bridgehead atoms. The Balaban J connectivity index is 1.18. The Morgan fingerprint density at radius 3 is 2.55 bits per heavy atom. The zero-order chi connectivity index (χ0) is 37.0. The van der Waals surface area contributed by atoms with Gasteiger partial charge in [0, 0.05) is 54.7 Å². The number of rotatable bonds is 16. The number of fused-ring (bicyclic) bond motifs is 1. The Labute approximate surface area is 317 Å². The topological polar surface area (TPSA) is 94.9 Å². The average molecular weight is 739 g/mol. The molecule has 1 aromatic heterocycles. The number of carbonyl (C=O) groups excluding carboxylic acids is 1. The molecule has 1 fully saturated rings. The van der Waals surface area contributed by atoms with Gasteiger partial charge in [-0.3, -0.25) is 9.00 Å². The van der Waals surface area contributed by atoms with E-state index in [2.05, 4.69) is 65.5 Å². The smallest absolute Gasteiger partial charge is 0.251 e. The normalized spacial score (nSPS) is 17.6. The van der Waals surface area contributed by atoms with E-state index in [0.717, 1.165) is 115 Å². The summed E-state index contributed by atoms with van der Waals surface area (Å²) in [5.74, 6) is 1.09. The molecule has 2 atom stereocenters. The summed E-state index contributed by atoms with van der Waals surface area (Å²) in [7, 11) is -1.23. The number of hydrogen-bond acceptors (Lipinski definition) is 7. The van der Waals surface area contributed by atoms with Crippen molar-refractivity contribution >= 4 is 34.2 Å². The second-order valence-corrected chi connectivity index (χ2v) is 15.3. The van der Waals surface area contributed by atoms with E-state index in [4.69, 9.17) is 14.2 Å². The third kappa shape index (κ3) is 10.5. The largest absolute Gasteiger partial charge is 0.491 e. The number of unbranched alkanes of at least 4 members (excludes halogenated alkanes) is 1. The molecular weight excluding hydrogens is 685 g/mol. The molecule has 1 amide bonds. The highest BCUT2D eigenvalue weighted by Gasteiger charge is 2.23. The van der Waals surface area contributed by atoms with Crippen molar-refractivity contribution in [3.63, 3.8) is 0 Å². The first-order valence-corrected chi connectivity index (χ1v) is 20.6. The molecule has 4 aromatic rings. The van der Waals surface area contributed by atoms with Crippen molar-refractivity contribution in [1.82, 2.24) is 9.55 Å². The van der Waals surface area contributed by atoms with Crippen LogP contribution in [0, 0.1) is 6.92 Å². The van der Waals surface area contributed by atoms with Gasteiger partial charge in [0.15, 0.2) is 0 Å². The van der Waals surface area contributed by atoms with Crippen LogP contribution < -0.4 is 15.0 Å². The number of carbonyl (C=O) groups is 1. The monoisotopic (exact) mass is 738 g/mol. The van der Waals surface area contributed by atoms with Gasteiger partial charge in [-0.2, -0.15) is 0 Å². The lowest BCUT2D eigenvalue weighted by molar-refractivity contribution is -0.112. The summed E-state index contributed by atoms with van der Waals surface area (Å²) in [5, 5.41) is 3.11. The van der Waals surface area contributed by atoms with Crippen molar-refractivity contribution in [3.8, 4) is 16.9 Å². The molecular formula is C43H54N4O5S. The maximum Gasteiger partial charge on any atom is 0.251 e. The van der Waals surface area contributed by atoms with Gasteiger partial charge in [-0.15, -0.1) is 0 Å². The van der Waals surface area contributed by atoms with Gasteiger partial charge in [-0.25, -0.2) is 4.98 Å². The first-order chi connectivity index (χ1) is 25.9. The molecule has 6 rings (SSSR count). The van der Waals surface area contributed by atoms with Crippen LogP contribution in [0.4, 0.5) is 11.4 Å². The molecule has 0 radical (unpaired) electrons. The van der Waals surface area contributed by atoms with Gasteiger partial charge < -0.3 is 29.0 Å². The van der Waals surface area contributed by atoms with Gasteiger partial charge in [0.2, 0.25) is 0 Å². The van der Waals surface area contributed by atoms with Crippen LogP contribution in [0.5, 0.6) is 5.75 Å². The van der Waals surface area contributed by atoms with Crippen molar-refractivity contribution in [2.75, 3.05) is 49.7 Å². The fraction of sp³-hybridized carbons (Fsp3) is 0.442. The molecule has 282 valence electrons. The molecule has 2 aliphatic rings.